The van der Waals surface area contributed by atoms with Crippen LogP contribution in [0.2, 0.25) is 0 Å². The number of hydrogen-bond acceptors (Lipinski definition) is 3. The van der Waals surface area contributed by atoms with E-state index < -0.39 is 0 Å². The number of benzene rings is 1. The zero-order chi connectivity index (χ0) is 14.5. The van der Waals surface area contributed by atoms with Gasteiger partial charge in [0, 0.05) is 31.0 Å². The van der Waals surface area contributed by atoms with Crippen LogP contribution in [0.5, 0.6) is 0 Å². The molecule has 0 spiro atoms. The normalized spacial score (nSPS) is 14.3. The fourth-order valence-corrected chi connectivity index (χ4v) is 2.12. The van der Waals surface area contributed by atoms with Crippen molar-refractivity contribution in [2.45, 2.75) is 33.1 Å². The highest BCUT2D eigenvalue weighted by Crippen LogP contribution is 2.28. The summed E-state index contributed by atoms with van der Waals surface area (Å²) in [6.07, 6.45) is 3.47. The van der Waals surface area contributed by atoms with Gasteiger partial charge in [-0.1, -0.05) is 6.07 Å². The van der Waals surface area contributed by atoms with Gasteiger partial charge in [-0.05, 0) is 56.2 Å². The third-order valence-corrected chi connectivity index (χ3v) is 3.66. The quantitative estimate of drug-likeness (QED) is 0.594. The summed E-state index contributed by atoms with van der Waals surface area (Å²) in [6, 6.07) is 3.70. The first-order valence-corrected chi connectivity index (χ1v) is 7.30. The lowest BCUT2D eigenvalue weighted by atomic mass is 10.0. The maximum Gasteiger partial charge on any atom is 0.251 e. The van der Waals surface area contributed by atoms with Crippen LogP contribution in [-0.4, -0.2) is 25.7 Å². The van der Waals surface area contributed by atoms with E-state index in [9.17, 15) is 4.79 Å². The Morgan fingerprint density at radius 1 is 1.35 bits per heavy atom. The molecule has 1 fully saturated rings. The molecule has 0 heterocycles. The summed E-state index contributed by atoms with van der Waals surface area (Å²) in [5.74, 6) is 0.735. The Balaban J connectivity index is 1.72. The van der Waals surface area contributed by atoms with E-state index in [1.54, 1.807) is 6.07 Å². The molecule has 0 aromatic heterocycles. The number of ether oxygens (including phenoxy) is 1. The molecule has 1 aromatic rings. The highest BCUT2D eigenvalue weighted by molar-refractivity contribution is 5.96. The van der Waals surface area contributed by atoms with Gasteiger partial charge in [0.1, 0.15) is 0 Å². The molecular formula is C16H24N2O2. The Morgan fingerprint density at radius 2 is 2.10 bits per heavy atom. The molecule has 1 saturated carbocycles. The molecular weight excluding hydrogens is 252 g/mol. The van der Waals surface area contributed by atoms with E-state index in [0.29, 0.717) is 24.4 Å². The topological polar surface area (TPSA) is 64.3 Å². The first-order valence-electron chi connectivity index (χ1n) is 7.30. The third-order valence-electron chi connectivity index (χ3n) is 3.66. The summed E-state index contributed by atoms with van der Waals surface area (Å²) in [4.78, 5) is 12.1. The predicted molar refractivity (Wildman–Crippen MR) is 80.8 cm³/mol. The van der Waals surface area contributed by atoms with Crippen molar-refractivity contribution in [3.8, 4) is 0 Å². The highest BCUT2D eigenvalue weighted by Gasteiger charge is 2.20. The highest BCUT2D eigenvalue weighted by atomic mass is 16.5. The van der Waals surface area contributed by atoms with Gasteiger partial charge in [0.2, 0.25) is 0 Å². The lowest BCUT2D eigenvalue weighted by Crippen LogP contribution is -2.26. The van der Waals surface area contributed by atoms with Crippen molar-refractivity contribution in [1.29, 1.82) is 0 Å². The van der Waals surface area contributed by atoms with Crippen LogP contribution < -0.4 is 11.1 Å². The number of carbonyl (C=O) groups excluding carboxylic acids is 1. The molecule has 0 radical (unpaired) electrons. The van der Waals surface area contributed by atoms with Crippen LogP contribution in [0.3, 0.4) is 0 Å². The molecule has 0 atom stereocenters. The van der Waals surface area contributed by atoms with E-state index in [-0.39, 0.29) is 5.91 Å². The number of amides is 1. The monoisotopic (exact) mass is 276 g/mol. The van der Waals surface area contributed by atoms with Gasteiger partial charge in [0.15, 0.2) is 0 Å². The second-order valence-corrected chi connectivity index (χ2v) is 5.65. The van der Waals surface area contributed by atoms with Crippen LogP contribution in [0.15, 0.2) is 12.1 Å². The minimum absolute atomic E-state index is 0.0589. The molecule has 1 amide bonds. The van der Waals surface area contributed by atoms with Gasteiger partial charge in [-0.2, -0.15) is 0 Å². The number of aryl methyl sites for hydroxylation is 2. The van der Waals surface area contributed by atoms with Crippen LogP contribution in [-0.2, 0) is 4.74 Å². The Morgan fingerprint density at radius 3 is 2.80 bits per heavy atom. The number of nitrogens with two attached hydrogens (primary N) is 1. The molecule has 0 unspecified atom stereocenters. The van der Waals surface area contributed by atoms with Crippen LogP contribution in [0.25, 0.3) is 0 Å². The molecule has 20 heavy (non-hydrogen) atoms. The van der Waals surface area contributed by atoms with Crippen molar-refractivity contribution in [2.75, 3.05) is 25.5 Å². The molecule has 0 saturated heterocycles. The molecule has 3 N–H and O–H groups in total. The Kier molecular flexibility index (Phi) is 5.01. The van der Waals surface area contributed by atoms with E-state index in [4.69, 9.17) is 10.5 Å². The minimum Gasteiger partial charge on any atom is -0.398 e. The van der Waals surface area contributed by atoms with Crippen LogP contribution in [0.4, 0.5) is 5.69 Å². The second-order valence-electron chi connectivity index (χ2n) is 5.65. The van der Waals surface area contributed by atoms with E-state index in [2.05, 4.69) is 5.32 Å². The van der Waals surface area contributed by atoms with Gasteiger partial charge in [-0.15, -0.1) is 0 Å². The predicted octanol–water partition coefficient (Wildman–Crippen LogP) is 2.43. The third kappa shape index (κ3) is 4.23. The summed E-state index contributed by atoms with van der Waals surface area (Å²) in [5, 5.41) is 2.92. The number of nitrogens with one attached hydrogen (secondary N) is 1. The van der Waals surface area contributed by atoms with Crippen molar-refractivity contribution >= 4 is 11.6 Å². The standard InChI is InChI=1S/C16H24N2O2/c1-11-8-12(2)15(17)9-14(11)16(19)18-6-3-7-20-10-13-4-5-13/h8-9,13H,3-7,10,17H2,1-2H3,(H,18,19). The van der Waals surface area contributed by atoms with Gasteiger partial charge in [-0.25, -0.2) is 0 Å². The lowest BCUT2D eigenvalue weighted by molar-refractivity contribution is 0.0937. The van der Waals surface area contributed by atoms with Crippen LogP contribution >= 0.6 is 0 Å². The van der Waals surface area contributed by atoms with Crippen molar-refractivity contribution in [3.05, 3.63) is 28.8 Å². The second kappa shape index (κ2) is 6.75. The number of hydrogen-bond donors (Lipinski definition) is 2. The number of anilines is 1. The molecule has 1 aromatic carbocycles. The average molecular weight is 276 g/mol. The SMILES string of the molecule is Cc1cc(C)c(C(=O)NCCCOCC2CC2)cc1N. The minimum atomic E-state index is -0.0589. The maximum atomic E-state index is 12.1. The molecule has 0 aliphatic heterocycles. The zero-order valence-electron chi connectivity index (χ0n) is 12.4. The van der Waals surface area contributed by atoms with Crippen molar-refractivity contribution in [3.63, 3.8) is 0 Å². The van der Waals surface area contributed by atoms with E-state index in [1.807, 2.05) is 19.9 Å². The lowest BCUT2D eigenvalue weighted by Gasteiger charge is -2.10. The van der Waals surface area contributed by atoms with Crippen molar-refractivity contribution < 1.29 is 9.53 Å². The van der Waals surface area contributed by atoms with Crippen LogP contribution in [0, 0.1) is 19.8 Å². The van der Waals surface area contributed by atoms with Gasteiger partial charge in [0.05, 0.1) is 0 Å². The van der Waals surface area contributed by atoms with Crippen molar-refractivity contribution in [2.24, 2.45) is 5.92 Å². The number of nitrogen functional groups attached to an aromatic ring is 1. The van der Waals surface area contributed by atoms with Gasteiger partial charge >= 0.3 is 0 Å². The zero-order valence-corrected chi connectivity index (χ0v) is 12.4. The van der Waals surface area contributed by atoms with Gasteiger partial charge < -0.3 is 15.8 Å². The summed E-state index contributed by atoms with van der Waals surface area (Å²) in [7, 11) is 0. The van der Waals surface area contributed by atoms with E-state index >= 15 is 0 Å². The summed E-state index contributed by atoms with van der Waals surface area (Å²) in [5.41, 5.74) is 9.14. The molecule has 110 valence electrons. The molecule has 1 aliphatic carbocycles. The molecule has 4 heteroatoms. The van der Waals surface area contributed by atoms with Crippen molar-refractivity contribution in [1.82, 2.24) is 5.32 Å². The summed E-state index contributed by atoms with van der Waals surface area (Å²) < 4.78 is 5.53. The summed E-state index contributed by atoms with van der Waals surface area (Å²) in [6.45, 7) is 6.10. The molecule has 2 rings (SSSR count). The molecule has 0 bridgehead atoms. The Hall–Kier alpha value is -1.55. The Bertz CT molecular complexity index is 482. The summed E-state index contributed by atoms with van der Waals surface area (Å²) >= 11 is 0. The molecule has 1 aliphatic rings. The van der Waals surface area contributed by atoms with Gasteiger partial charge in [0.25, 0.3) is 5.91 Å². The number of carbonyl (C=O) groups is 1. The van der Waals surface area contributed by atoms with Crippen LogP contribution in [0.1, 0.15) is 40.7 Å². The molecule has 4 nitrogen and oxygen atoms in total. The maximum absolute atomic E-state index is 12.1. The largest absolute Gasteiger partial charge is 0.398 e. The van der Waals surface area contributed by atoms with E-state index in [1.165, 1.54) is 12.8 Å². The fraction of sp³-hybridized carbons (Fsp3) is 0.562. The van der Waals surface area contributed by atoms with E-state index in [0.717, 1.165) is 30.1 Å². The number of rotatable bonds is 7. The fourth-order valence-electron chi connectivity index (χ4n) is 2.12. The smallest absolute Gasteiger partial charge is 0.251 e. The Labute approximate surface area is 120 Å². The first-order chi connectivity index (χ1) is 9.58. The van der Waals surface area contributed by atoms with Gasteiger partial charge in [-0.3, -0.25) is 4.79 Å². The first kappa shape index (κ1) is 14.9. The average Bonchev–Trinajstić information content (AvgIpc) is 3.21.